The van der Waals surface area contributed by atoms with E-state index in [9.17, 15) is 4.79 Å². The highest BCUT2D eigenvalue weighted by atomic mass is 35.5. The quantitative estimate of drug-likeness (QED) is 0.929. The number of nitrogens with zero attached hydrogens (tertiary/aromatic N) is 2. The molecule has 1 fully saturated rings. The Labute approximate surface area is 128 Å². The highest BCUT2D eigenvalue weighted by Gasteiger charge is 2.24. The first-order valence-corrected chi connectivity index (χ1v) is 7.36. The van der Waals surface area contributed by atoms with E-state index in [-0.39, 0.29) is 11.9 Å². The van der Waals surface area contributed by atoms with E-state index in [4.69, 9.17) is 28.3 Å². The minimum atomic E-state index is -0.414. The molecule has 1 N–H and O–H groups in total. The van der Waals surface area contributed by atoms with Gasteiger partial charge in [0.2, 0.25) is 5.91 Å². The molecule has 0 aromatic heterocycles. The van der Waals surface area contributed by atoms with Crippen molar-refractivity contribution in [2.24, 2.45) is 0 Å². The molecule has 0 spiro atoms. The lowest BCUT2D eigenvalue weighted by Gasteiger charge is -2.38. The molecule has 1 aromatic rings. The number of carbonyl (C=O) groups is 1. The maximum Gasteiger partial charge on any atom is 0.248 e. The standard InChI is InChI=1S/C14H18Cl2N2O2/c1-10(11-2-3-12(15)13(16)8-11)17-4-6-18(7-5-17)14(20)9-19/h2-3,8,10,19H,4-7,9H2,1H3. The zero-order valence-electron chi connectivity index (χ0n) is 11.4. The highest BCUT2D eigenvalue weighted by Crippen LogP contribution is 2.28. The van der Waals surface area contributed by atoms with Crippen molar-refractivity contribution < 1.29 is 9.90 Å². The van der Waals surface area contributed by atoms with E-state index in [0.29, 0.717) is 23.1 Å². The van der Waals surface area contributed by atoms with E-state index < -0.39 is 6.61 Å². The number of amides is 1. The third-order valence-electron chi connectivity index (χ3n) is 3.78. The van der Waals surface area contributed by atoms with Crippen molar-refractivity contribution in [3.8, 4) is 0 Å². The average Bonchev–Trinajstić information content (AvgIpc) is 2.48. The molecule has 0 aliphatic carbocycles. The Bertz CT molecular complexity index is 488. The summed E-state index contributed by atoms with van der Waals surface area (Å²) in [6.45, 7) is 4.56. The van der Waals surface area contributed by atoms with Gasteiger partial charge in [-0.25, -0.2) is 0 Å². The molecule has 1 unspecified atom stereocenters. The van der Waals surface area contributed by atoms with Crippen LogP contribution in [-0.2, 0) is 4.79 Å². The van der Waals surface area contributed by atoms with Gasteiger partial charge in [0.15, 0.2) is 0 Å². The number of carbonyl (C=O) groups excluding carboxylic acids is 1. The number of rotatable bonds is 3. The molecule has 1 aliphatic rings. The normalized spacial score (nSPS) is 18.1. The number of hydrogen-bond acceptors (Lipinski definition) is 3. The number of halogens is 2. The van der Waals surface area contributed by atoms with Crippen LogP contribution >= 0.6 is 23.2 Å². The van der Waals surface area contributed by atoms with Crippen LogP contribution in [0.3, 0.4) is 0 Å². The Morgan fingerprint density at radius 2 is 1.90 bits per heavy atom. The average molecular weight is 317 g/mol. The molecule has 1 aromatic carbocycles. The summed E-state index contributed by atoms with van der Waals surface area (Å²) in [6, 6.07) is 5.89. The molecular weight excluding hydrogens is 299 g/mol. The van der Waals surface area contributed by atoms with Gasteiger partial charge in [0.25, 0.3) is 0 Å². The Kier molecular flexibility index (Phi) is 5.27. The maximum atomic E-state index is 11.4. The third-order valence-corrected chi connectivity index (χ3v) is 4.52. The highest BCUT2D eigenvalue weighted by molar-refractivity contribution is 6.42. The monoisotopic (exact) mass is 316 g/mol. The van der Waals surface area contributed by atoms with Crippen molar-refractivity contribution in [1.82, 2.24) is 9.80 Å². The first-order valence-electron chi connectivity index (χ1n) is 6.60. The van der Waals surface area contributed by atoms with Crippen molar-refractivity contribution in [2.75, 3.05) is 32.8 Å². The van der Waals surface area contributed by atoms with Gasteiger partial charge in [-0.05, 0) is 24.6 Å². The fourth-order valence-electron chi connectivity index (χ4n) is 2.44. The van der Waals surface area contributed by atoms with E-state index >= 15 is 0 Å². The van der Waals surface area contributed by atoms with Crippen LogP contribution < -0.4 is 0 Å². The predicted octanol–water partition coefficient (Wildman–Crippen LogP) is 2.19. The lowest BCUT2D eigenvalue weighted by Crippen LogP contribution is -2.50. The minimum absolute atomic E-state index is 0.202. The topological polar surface area (TPSA) is 43.8 Å². The summed E-state index contributed by atoms with van der Waals surface area (Å²) in [7, 11) is 0. The van der Waals surface area contributed by atoms with Crippen LogP contribution in [0.15, 0.2) is 18.2 Å². The fourth-order valence-corrected chi connectivity index (χ4v) is 2.75. The Balaban J connectivity index is 1.99. The van der Waals surface area contributed by atoms with Crippen LogP contribution in [0.4, 0.5) is 0 Å². The zero-order chi connectivity index (χ0) is 14.7. The Morgan fingerprint density at radius 3 is 2.45 bits per heavy atom. The summed E-state index contributed by atoms with van der Waals surface area (Å²) in [6.07, 6.45) is 0. The molecule has 0 bridgehead atoms. The number of hydrogen-bond donors (Lipinski definition) is 1. The molecule has 1 amide bonds. The molecule has 1 aliphatic heterocycles. The van der Waals surface area contributed by atoms with Gasteiger partial charge in [0.05, 0.1) is 10.0 Å². The van der Waals surface area contributed by atoms with Gasteiger partial charge in [-0.15, -0.1) is 0 Å². The number of piperazine rings is 1. The SMILES string of the molecule is CC(c1ccc(Cl)c(Cl)c1)N1CCN(C(=O)CO)CC1. The summed E-state index contributed by atoms with van der Waals surface area (Å²) < 4.78 is 0. The van der Waals surface area contributed by atoms with Crippen LogP contribution in [0.5, 0.6) is 0 Å². The first-order chi connectivity index (χ1) is 9.52. The summed E-state index contributed by atoms with van der Waals surface area (Å²) in [5, 5.41) is 9.98. The molecule has 1 heterocycles. The molecule has 20 heavy (non-hydrogen) atoms. The second kappa shape index (κ2) is 6.76. The lowest BCUT2D eigenvalue weighted by atomic mass is 10.1. The van der Waals surface area contributed by atoms with E-state index in [1.807, 2.05) is 12.1 Å². The van der Waals surface area contributed by atoms with Gasteiger partial charge in [0, 0.05) is 32.2 Å². The molecular formula is C14H18Cl2N2O2. The van der Waals surface area contributed by atoms with Crippen LogP contribution in [0.25, 0.3) is 0 Å². The molecule has 0 radical (unpaired) electrons. The van der Waals surface area contributed by atoms with Crippen molar-refractivity contribution in [3.63, 3.8) is 0 Å². The van der Waals surface area contributed by atoms with Gasteiger partial charge < -0.3 is 10.0 Å². The van der Waals surface area contributed by atoms with Crippen molar-refractivity contribution in [2.45, 2.75) is 13.0 Å². The fraction of sp³-hybridized carbons (Fsp3) is 0.500. The van der Waals surface area contributed by atoms with E-state index in [2.05, 4.69) is 11.8 Å². The molecule has 4 nitrogen and oxygen atoms in total. The van der Waals surface area contributed by atoms with Gasteiger partial charge in [-0.1, -0.05) is 29.3 Å². The minimum Gasteiger partial charge on any atom is -0.387 e. The Hall–Kier alpha value is -0.810. The predicted molar refractivity (Wildman–Crippen MR) is 80.1 cm³/mol. The largest absolute Gasteiger partial charge is 0.387 e. The number of benzene rings is 1. The van der Waals surface area contributed by atoms with Gasteiger partial charge in [0.1, 0.15) is 6.61 Å². The molecule has 1 saturated heterocycles. The van der Waals surface area contributed by atoms with Crippen molar-refractivity contribution >= 4 is 29.1 Å². The summed E-state index contributed by atoms with van der Waals surface area (Å²) in [5.74, 6) is -0.202. The lowest BCUT2D eigenvalue weighted by molar-refractivity contribution is -0.136. The molecule has 0 saturated carbocycles. The molecule has 6 heteroatoms. The van der Waals surface area contributed by atoms with Crippen LogP contribution in [0.1, 0.15) is 18.5 Å². The van der Waals surface area contributed by atoms with E-state index in [0.717, 1.165) is 18.7 Å². The maximum absolute atomic E-state index is 11.4. The number of aliphatic hydroxyl groups is 1. The van der Waals surface area contributed by atoms with E-state index in [1.54, 1.807) is 11.0 Å². The van der Waals surface area contributed by atoms with Crippen molar-refractivity contribution in [3.05, 3.63) is 33.8 Å². The van der Waals surface area contributed by atoms with Gasteiger partial charge >= 0.3 is 0 Å². The van der Waals surface area contributed by atoms with Crippen LogP contribution in [0, 0.1) is 0 Å². The molecule has 110 valence electrons. The molecule has 2 rings (SSSR count). The first kappa shape index (κ1) is 15.6. The van der Waals surface area contributed by atoms with Crippen molar-refractivity contribution in [1.29, 1.82) is 0 Å². The second-order valence-corrected chi connectivity index (χ2v) is 5.74. The smallest absolute Gasteiger partial charge is 0.248 e. The third kappa shape index (κ3) is 3.44. The Morgan fingerprint density at radius 1 is 1.25 bits per heavy atom. The molecule has 1 atom stereocenters. The summed E-state index contributed by atoms with van der Waals surface area (Å²) >= 11 is 12.0. The zero-order valence-corrected chi connectivity index (χ0v) is 12.9. The second-order valence-electron chi connectivity index (χ2n) is 4.92. The van der Waals surface area contributed by atoms with Crippen LogP contribution in [-0.4, -0.2) is 53.6 Å². The van der Waals surface area contributed by atoms with Gasteiger partial charge in [-0.3, -0.25) is 9.69 Å². The summed E-state index contributed by atoms with van der Waals surface area (Å²) in [4.78, 5) is 15.4. The summed E-state index contributed by atoms with van der Waals surface area (Å²) in [5.41, 5.74) is 1.11. The number of aliphatic hydroxyl groups excluding tert-OH is 1. The van der Waals surface area contributed by atoms with E-state index in [1.165, 1.54) is 0 Å². The van der Waals surface area contributed by atoms with Gasteiger partial charge in [-0.2, -0.15) is 0 Å². The van der Waals surface area contributed by atoms with Crippen LogP contribution in [0.2, 0.25) is 10.0 Å².